The first-order valence-corrected chi connectivity index (χ1v) is 4.11. The molecule has 0 unspecified atom stereocenters. The van der Waals surface area contributed by atoms with Gasteiger partial charge in [-0.25, -0.2) is 0 Å². The van der Waals surface area contributed by atoms with E-state index in [1.807, 2.05) is 13.8 Å². The molecule has 0 aliphatic heterocycles. The summed E-state index contributed by atoms with van der Waals surface area (Å²) in [4.78, 5) is 12.9. The molecule has 0 bridgehead atoms. The second-order valence-electron chi connectivity index (χ2n) is 2.46. The highest BCUT2D eigenvalue weighted by atomic mass is 16.2. The van der Waals surface area contributed by atoms with Crippen LogP contribution in [0.2, 0.25) is 0 Å². The number of allylic oxidation sites excluding steroid dienone is 1. The van der Waals surface area contributed by atoms with Crippen molar-refractivity contribution in [3.05, 3.63) is 12.2 Å². The molecule has 0 rings (SSSR count). The smallest absolute Gasteiger partial charge is 0.247 e. The number of hydrogen-bond acceptors (Lipinski definition) is 1. The lowest BCUT2D eigenvalue weighted by atomic mass is 10.3. The zero-order valence-corrected chi connectivity index (χ0v) is 7.71. The number of terminal acetylenes is 1. The van der Waals surface area contributed by atoms with Crippen molar-refractivity contribution in [3.63, 3.8) is 0 Å². The molecule has 0 N–H and O–H groups in total. The average molecular weight is 165 g/mol. The molecule has 0 aliphatic rings. The van der Waals surface area contributed by atoms with Crippen molar-refractivity contribution >= 4 is 5.91 Å². The molecular formula is C10H15NO. The Morgan fingerprint density at radius 3 is 2.75 bits per heavy atom. The standard InChI is InChI=1S/C10H15NO/c1-4-7-10(12)11(8-5-2)9-6-3/h2,4,7H,6,8-9H2,1,3H3/b7-4+. The van der Waals surface area contributed by atoms with Crippen molar-refractivity contribution in [3.8, 4) is 12.3 Å². The third kappa shape index (κ3) is 3.82. The minimum atomic E-state index is -0.00250. The van der Waals surface area contributed by atoms with E-state index < -0.39 is 0 Å². The molecule has 66 valence electrons. The average Bonchev–Trinajstić information content (AvgIpc) is 2.04. The van der Waals surface area contributed by atoms with Gasteiger partial charge >= 0.3 is 0 Å². The first-order valence-electron chi connectivity index (χ1n) is 4.11. The predicted molar refractivity (Wildman–Crippen MR) is 50.5 cm³/mol. The summed E-state index contributed by atoms with van der Waals surface area (Å²) in [5, 5.41) is 0. The van der Waals surface area contributed by atoms with Crippen LogP contribution in [0.25, 0.3) is 0 Å². The van der Waals surface area contributed by atoms with Crippen LogP contribution in [-0.4, -0.2) is 23.9 Å². The Hall–Kier alpha value is -1.23. The van der Waals surface area contributed by atoms with Gasteiger partial charge in [0.15, 0.2) is 0 Å². The molecule has 0 aromatic rings. The van der Waals surface area contributed by atoms with Crippen LogP contribution in [0.4, 0.5) is 0 Å². The summed E-state index contributed by atoms with van der Waals surface area (Å²) in [7, 11) is 0. The lowest BCUT2D eigenvalue weighted by molar-refractivity contribution is -0.125. The van der Waals surface area contributed by atoms with Gasteiger partial charge < -0.3 is 4.90 Å². The van der Waals surface area contributed by atoms with Crippen LogP contribution in [0.15, 0.2) is 12.2 Å². The van der Waals surface area contributed by atoms with Gasteiger partial charge in [-0.2, -0.15) is 0 Å². The van der Waals surface area contributed by atoms with Crippen molar-refractivity contribution in [2.45, 2.75) is 20.3 Å². The summed E-state index contributed by atoms with van der Waals surface area (Å²) in [6.45, 7) is 4.97. The molecule has 0 radical (unpaired) electrons. The second kappa shape index (κ2) is 6.48. The van der Waals surface area contributed by atoms with Gasteiger partial charge in [-0.1, -0.05) is 18.9 Å². The van der Waals surface area contributed by atoms with Gasteiger partial charge in [0, 0.05) is 6.54 Å². The lowest BCUT2D eigenvalue weighted by Gasteiger charge is -2.16. The van der Waals surface area contributed by atoms with Crippen molar-refractivity contribution in [2.75, 3.05) is 13.1 Å². The molecule has 0 fully saturated rings. The van der Waals surface area contributed by atoms with Crippen LogP contribution >= 0.6 is 0 Å². The van der Waals surface area contributed by atoms with E-state index >= 15 is 0 Å². The maximum absolute atomic E-state index is 11.3. The van der Waals surface area contributed by atoms with Gasteiger partial charge in [-0.3, -0.25) is 4.79 Å². The van der Waals surface area contributed by atoms with Crippen molar-refractivity contribution < 1.29 is 4.79 Å². The van der Waals surface area contributed by atoms with Crippen molar-refractivity contribution in [2.24, 2.45) is 0 Å². The van der Waals surface area contributed by atoms with E-state index in [0.29, 0.717) is 6.54 Å². The van der Waals surface area contributed by atoms with Crippen LogP contribution in [0, 0.1) is 12.3 Å². The quantitative estimate of drug-likeness (QED) is 0.456. The van der Waals surface area contributed by atoms with Crippen LogP contribution in [0.1, 0.15) is 20.3 Å². The number of rotatable bonds is 4. The number of carbonyl (C=O) groups excluding carboxylic acids is 1. The van der Waals surface area contributed by atoms with Gasteiger partial charge in [0.1, 0.15) is 0 Å². The van der Waals surface area contributed by atoms with Gasteiger partial charge in [0.05, 0.1) is 6.54 Å². The molecular weight excluding hydrogens is 150 g/mol. The highest BCUT2D eigenvalue weighted by Crippen LogP contribution is 1.93. The molecule has 0 saturated carbocycles. The monoisotopic (exact) mass is 165 g/mol. The Labute approximate surface area is 74.3 Å². The molecule has 0 aliphatic carbocycles. The van der Waals surface area contributed by atoms with E-state index in [1.54, 1.807) is 11.0 Å². The van der Waals surface area contributed by atoms with E-state index in [9.17, 15) is 4.79 Å². The number of hydrogen-bond donors (Lipinski definition) is 0. The number of nitrogens with zero attached hydrogens (tertiary/aromatic N) is 1. The summed E-state index contributed by atoms with van der Waals surface area (Å²) < 4.78 is 0. The molecule has 0 heterocycles. The number of amides is 1. The predicted octanol–water partition coefficient (Wildman–Crippen LogP) is 1.43. The topological polar surface area (TPSA) is 20.3 Å². The van der Waals surface area contributed by atoms with Gasteiger partial charge in [-0.15, -0.1) is 6.42 Å². The minimum absolute atomic E-state index is 0.00250. The van der Waals surface area contributed by atoms with Gasteiger partial charge in [0.25, 0.3) is 0 Å². The van der Waals surface area contributed by atoms with E-state index in [2.05, 4.69) is 5.92 Å². The second-order valence-corrected chi connectivity index (χ2v) is 2.46. The minimum Gasteiger partial charge on any atom is -0.328 e. The Bertz CT molecular complexity index is 200. The fraction of sp³-hybridized carbons (Fsp3) is 0.500. The molecule has 0 spiro atoms. The Kier molecular flexibility index (Phi) is 5.81. The number of carbonyl (C=O) groups is 1. The first kappa shape index (κ1) is 10.8. The Balaban J connectivity index is 4.10. The fourth-order valence-corrected chi connectivity index (χ4v) is 0.895. The summed E-state index contributed by atoms with van der Waals surface area (Å²) in [6.07, 6.45) is 9.32. The van der Waals surface area contributed by atoms with Gasteiger partial charge in [0.2, 0.25) is 5.91 Å². The molecule has 0 atom stereocenters. The maximum Gasteiger partial charge on any atom is 0.247 e. The van der Waals surface area contributed by atoms with E-state index in [-0.39, 0.29) is 5.91 Å². The van der Waals surface area contributed by atoms with Gasteiger partial charge in [-0.05, 0) is 19.4 Å². The molecule has 2 nitrogen and oxygen atoms in total. The van der Waals surface area contributed by atoms with Crippen LogP contribution in [0.5, 0.6) is 0 Å². The normalized spacial score (nSPS) is 9.75. The lowest BCUT2D eigenvalue weighted by Crippen LogP contribution is -2.30. The SMILES string of the molecule is C#CCN(CCC)C(=O)/C=C/C. The van der Waals surface area contributed by atoms with Crippen molar-refractivity contribution in [1.29, 1.82) is 0 Å². The summed E-state index contributed by atoms with van der Waals surface area (Å²) in [5.74, 6) is 2.46. The zero-order valence-electron chi connectivity index (χ0n) is 7.71. The van der Waals surface area contributed by atoms with Crippen LogP contribution in [0.3, 0.4) is 0 Å². The molecule has 0 saturated heterocycles. The zero-order chi connectivity index (χ0) is 9.40. The van der Waals surface area contributed by atoms with E-state index in [0.717, 1.165) is 13.0 Å². The summed E-state index contributed by atoms with van der Waals surface area (Å²) >= 11 is 0. The molecule has 0 aromatic carbocycles. The molecule has 0 aromatic heterocycles. The Morgan fingerprint density at radius 2 is 2.33 bits per heavy atom. The highest BCUT2D eigenvalue weighted by Gasteiger charge is 2.06. The first-order chi connectivity index (χ1) is 5.76. The third-order valence-corrected chi connectivity index (χ3v) is 1.40. The van der Waals surface area contributed by atoms with Crippen molar-refractivity contribution in [1.82, 2.24) is 4.90 Å². The third-order valence-electron chi connectivity index (χ3n) is 1.40. The fourth-order valence-electron chi connectivity index (χ4n) is 0.895. The molecule has 1 amide bonds. The highest BCUT2D eigenvalue weighted by molar-refractivity contribution is 5.87. The summed E-state index contributed by atoms with van der Waals surface area (Å²) in [5.41, 5.74) is 0. The summed E-state index contributed by atoms with van der Waals surface area (Å²) in [6, 6.07) is 0. The maximum atomic E-state index is 11.3. The van der Waals surface area contributed by atoms with Crippen LogP contribution < -0.4 is 0 Å². The van der Waals surface area contributed by atoms with E-state index in [4.69, 9.17) is 6.42 Å². The van der Waals surface area contributed by atoms with Crippen LogP contribution in [-0.2, 0) is 4.79 Å². The van der Waals surface area contributed by atoms with E-state index in [1.165, 1.54) is 6.08 Å². The molecule has 2 heteroatoms. The Morgan fingerprint density at radius 1 is 1.67 bits per heavy atom. The largest absolute Gasteiger partial charge is 0.328 e. The molecule has 12 heavy (non-hydrogen) atoms.